The quantitative estimate of drug-likeness (QED) is 0.759. The Bertz CT molecular complexity index is 355. The molecule has 0 aromatic heterocycles. The van der Waals surface area contributed by atoms with Gasteiger partial charge in [-0.25, -0.2) is 0 Å². The number of aliphatic hydroxyl groups is 1. The molecular formula is C13H18BrNO2. The minimum absolute atomic E-state index is 0.180. The number of halogens is 1. The topological polar surface area (TPSA) is 41.5 Å². The maximum Gasteiger partial charge on any atom is 0.120 e. The fourth-order valence-corrected chi connectivity index (χ4v) is 2.07. The van der Waals surface area contributed by atoms with Gasteiger partial charge in [0.05, 0.1) is 6.10 Å². The van der Waals surface area contributed by atoms with Crippen molar-refractivity contribution in [1.29, 1.82) is 0 Å². The van der Waals surface area contributed by atoms with Gasteiger partial charge in [0, 0.05) is 17.6 Å². The monoisotopic (exact) mass is 299 g/mol. The molecule has 0 bridgehead atoms. The molecule has 1 aliphatic carbocycles. The van der Waals surface area contributed by atoms with E-state index in [0.29, 0.717) is 19.1 Å². The van der Waals surface area contributed by atoms with Gasteiger partial charge in [-0.05, 0) is 37.0 Å². The van der Waals surface area contributed by atoms with E-state index in [9.17, 15) is 5.11 Å². The third-order valence-corrected chi connectivity index (χ3v) is 3.36. The number of rotatable bonds is 7. The van der Waals surface area contributed by atoms with Gasteiger partial charge in [-0.15, -0.1) is 0 Å². The summed E-state index contributed by atoms with van der Waals surface area (Å²) >= 11 is 3.40. The van der Waals surface area contributed by atoms with Crippen molar-refractivity contribution in [1.82, 2.24) is 5.32 Å². The summed E-state index contributed by atoms with van der Waals surface area (Å²) in [6.45, 7) is 2.05. The minimum Gasteiger partial charge on any atom is -0.492 e. The Balaban J connectivity index is 1.56. The summed E-state index contributed by atoms with van der Waals surface area (Å²) in [5, 5.41) is 12.8. The van der Waals surface area contributed by atoms with E-state index in [1.54, 1.807) is 0 Å². The molecule has 1 aromatic rings. The summed E-state index contributed by atoms with van der Waals surface area (Å²) in [5.74, 6) is 1.40. The minimum atomic E-state index is -0.180. The third-order valence-electron chi connectivity index (χ3n) is 2.86. The molecule has 17 heavy (non-hydrogen) atoms. The van der Waals surface area contributed by atoms with Crippen molar-refractivity contribution in [2.75, 3.05) is 19.7 Å². The second kappa shape index (κ2) is 6.38. The smallest absolute Gasteiger partial charge is 0.120 e. The third kappa shape index (κ3) is 4.66. The molecule has 0 radical (unpaired) electrons. The zero-order chi connectivity index (χ0) is 12.1. The standard InChI is InChI=1S/C13H18BrNO2/c14-11-2-1-3-12(8-11)17-7-6-15-9-13(16)10-4-5-10/h1-3,8,10,13,15-16H,4-7,9H2. The number of hydrogen-bond donors (Lipinski definition) is 2. The lowest BCUT2D eigenvalue weighted by Crippen LogP contribution is -2.31. The van der Waals surface area contributed by atoms with Gasteiger partial charge < -0.3 is 15.2 Å². The highest BCUT2D eigenvalue weighted by atomic mass is 79.9. The summed E-state index contributed by atoms with van der Waals surface area (Å²) in [6, 6.07) is 7.80. The molecule has 3 nitrogen and oxygen atoms in total. The van der Waals surface area contributed by atoms with Crippen LogP contribution in [-0.4, -0.2) is 30.9 Å². The highest BCUT2D eigenvalue weighted by molar-refractivity contribution is 9.10. The molecule has 0 spiro atoms. The number of ether oxygens (including phenoxy) is 1. The first-order valence-electron chi connectivity index (χ1n) is 6.03. The van der Waals surface area contributed by atoms with E-state index in [1.807, 2.05) is 24.3 Å². The predicted octanol–water partition coefficient (Wildman–Crippen LogP) is 2.19. The molecular weight excluding hydrogens is 282 g/mol. The summed E-state index contributed by atoms with van der Waals surface area (Å²) in [5.41, 5.74) is 0. The lowest BCUT2D eigenvalue weighted by molar-refractivity contribution is 0.147. The summed E-state index contributed by atoms with van der Waals surface area (Å²) in [7, 11) is 0. The van der Waals surface area contributed by atoms with Crippen LogP contribution < -0.4 is 10.1 Å². The molecule has 0 heterocycles. The summed E-state index contributed by atoms with van der Waals surface area (Å²) in [6.07, 6.45) is 2.18. The van der Waals surface area contributed by atoms with Crippen LogP contribution in [0.2, 0.25) is 0 Å². The second-order valence-electron chi connectivity index (χ2n) is 4.41. The zero-order valence-corrected chi connectivity index (χ0v) is 11.3. The maximum absolute atomic E-state index is 9.63. The lowest BCUT2D eigenvalue weighted by atomic mass is 10.2. The first kappa shape index (κ1) is 12.9. The predicted molar refractivity (Wildman–Crippen MR) is 71.2 cm³/mol. The highest BCUT2D eigenvalue weighted by Gasteiger charge is 2.28. The first-order chi connectivity index (χ1) is 8.25. The van der Waals surface area contributed by atoms with Gasteiger partial charge >= 0.3 is 0 Å². The molecule has 0 aliphatic heterocycles. The van der Waals surface area contributed by atoms with Crippen LogP contribution >= 0.6 is 15.9 Å². The van der Waals surface area contributed by atoms with Crippen molar-refractivity contribution in [2.24, 2.45) is 5.92 Å². The van der Waals surface area contributed by atoms with Gasteiger partial charge in [0.15, 0.2) is 0 Å². The van der Waals surface area contributed by atoms with E-state index in [0.717, 1.165) is 16.8 Å². The van der Waals surface area contributed by atoms with Gasteiger partial charge in [0.25, 0.3) is 0 Å². The van der Waals surface area contributed by atoms with Crippen molar-refractivity contribution in [3.05, 3.63) is 28.7 Å². The molecule has 4 heteroatoms. The normalized spacial score (nSPS) is 16.8. The molecule has 94 valence electrons. The van der Waals surface area contributed by atoms with Crippen molar-refractivity contribution < 1.29 is 9.84 Å². The first-order valence-corrected chi connectivity index (χ1v) is 6.82. The molecule has 0 amide bonds. The van der Waals surface area contributed by atoms with Gasteiger partial charge in [-0.2, -0.15) is 0 Å². The molecule has 1 aromatic carbocycles. The van der Waals surface area contributed by atoms with Crippen LogP contribution in [0, 0.1) is 5.92 Å². The molecule has 1 saturated carbocycles. The van der Waals surface area contributed by atoms with Crippen LogP contribution in [0.3, 0.4) is 0 Å². The fraction of sp³-hybridized carbons (Fsp3) is 0.538. The van der Waals surface area contributed by atoms with Gasteiger partial charge in [0.2, 0.25) is 0 Å². The molecule has 1 fully saturated rings. The Morgan fingerprint density at radius 2 is 2.29 bits per heavy atom. The Hall–Kier alpha value is -0.580. The Morgan fingerprint density at radius 3 is 3.00 bits per heavy atom. The van der Waals surface area contributed by atoms with Crippen molar-refractivity contribution >= 4 is 15.9 Å². The summed E-state index contributed by atoms with van der Waals surface area (Å²) < 4.78 is 6.59. The van der Waals surface area contributed by atoms with Crippen LogP contribution in [0.5, 0.6) is 5.75 Å². The van der Waals surface area contributed by atoms with E-state index < -0.39 is 0 Å². The fourth-order valence-electron chi connectivity index (χ4n) is 1.70. The number of hydrogen-bond acceptors (Lipinski definition) is 3. The average Bonchev–Trinajstić information content (AvgIpc) is 3.12. The average molecular weight is 300 g/mol. The highest BCUT2D eigenvalue weighted by Crippen LogP contribution is 2.32. The van der Waals surface area contributed by atoms with Crippen molar-refractivity contribution in [3.8, 4) is 5.75 Å². The van der Waals surface area contributed by atoms with Crippen LogP contribution in [0.1, 0.15) is 12.8 Å². The van der Waals surface area contributed by atoms with Crippen LogP contribution in [0.4, 0.5) is 0 Å². The lowest BCUT2D eigenvalue weighted by Gasteiger charge is -2.11. The maximum atomic E-state index is 9.63. The number of nitrogens with one attached hydrogen (secondary N) is 1. The molecule has 1 unspecified atom stereocenters. The zero-order valence-electron chi connectivity index (χ0n) is 9.73. The largest absolute Gasteiger partial charge is 0.492 e. The van der Waals surface area contributed by atoms with Crippen LogP contribution in [0.15, 0.2) is 28.7 Å². The van der Waals surface area contributed by atoms with Gasteiger partial charge in [0.1, 0.15) is 12.4 Å². The Morgan fingerprint density at radius 1 is 1.47 bits per heavy atom. The van der Waals surface area contributed by atoms with Crippen LogP contribution in [0.25, 0.3) is 0 Å². The number of benzene rings is 1. The molecule has 2 rings (SSSR count). The van der Waals surface area contributed by atoms with Gasteiger partial charge in [-0.1, -0.05) is 22.0 Å². The van der Waals surface area contributed by atoms with E-state index in [2.05, 4.69) is 21.2 Å². The van der Waals surface area contributed by atoms with E-state index in [4.69, 9.17) is 4.74 Å². The Kier molecular flexibility index (Phi) is 4.83. The molecule has 2 N–H and O–H groups in total. The molecule has 1 aliphatic rings. The van der Waals surface area contributed by atoms with Crippen LogP contribution in [-0.2, 0) is 0 Å². The van der Waals surface area contributed by atoms with E-state index in [1.165, 1.54) is 12.8 Å². The van der Waals surface area contributed by atoms with Gasteiger partial charge in [-0.3, -0.25) is 0 Å². The SMILES string of the molecule is OC(CNCCOc1cccc(Br)c1)C1CC1. The van der Waals surface area contributed by atoms with Crippen molar-refractivity contribution in [2.45, 2.75) is 18.9 Å². The summed E-state index contributed by atoms with van der Waals surface area (Å²) in [4.78, 5) is 0. The molecule has 1 atom stereocenters. The second-order valence-corrected chi connectivity index (χ2v) is 5.33. The number of aliphatic hydroxyl groups excluding tert-OH is 1. The van der Waals surface area contributed by atoms with Crippen molar-refractivity contribution in [3.63, 3.8) is 0 Å². The van der Waals surface area contributed by atoms with E-state index >= 15 is 0 Å². The Labute approximate surface area is 110 Å². The molecule has 0 saturated heterocycles. The van der Waals surface area contributed by atoms with E-state index in [-0.39, 0.29) is 6.10 Å².